The fourth-order valence-electron chi connectivity index (χ4n) is 2.17. The monoisotopic (exact) mass is 431 g/mol. The minimum atomic E-state index is -2.27. The number of aromatic nitrogens is 2. The van der Waals surface area contributed by atoms with Crippen LogP contribution in [-0.2, 0) is 17.0 Å². The molecule has 2 aromatic carbocycles. The molecule has 1 heterocycles. The van der Waals surface area contributed by atoms with Gasteiger partial charge in [-0.3, -0.25) is 4.79 Å². The summed E-state index contributed by atoms with van der Waals surface area (Å²) in [7, 11) is 0. The highest BCUT2D eigenvalue weighted by Gasteiger charge is 2.27. The van der Waals surface area contributed by atoms with Crippen LogP contribution in [0.3, 0.4) is 0 Å². The van der Waals surface area contributed by atoms with Gasteiger partial charge in [-0.25, -0.2) is 22.0 Å². The normalized spacial score (nSPS) is 10.9. The van der Waals surface area contributed by atoms with Gasteiger partial charge in [-0.1, -0.05) is 53.4 Å². The van der Waals surface area contributed by atoms with Gasteiger partial charge in [-0.05, 0) is 5.56 Å². The molecule has 0 unspecified atom stereocenters. The molecule has 4 nitrogen and oxygen atoms in total. The van der Waals surface area contributed by atoms with Crippen molar-refractivity contribution in [3.05, 3.63) is 70.5 Å². The van der Waals surface area contributed by atoms with Gasteiger partial charge in [0.2, 0.25) is 16.9 Å². The van der Waals surface area contributed by atoms with E-state index >= 15 is 0 Å². The van der Waals surface area contributed by atoms with Crippen molar-refractivity contribution in [3.8, 4) is 0 Å². The van der Waals surface area contributed by atoms with E-state index in [1.165, 1.54) is 11.8 Å². The first-order valence-corrected chi connectivity index (χ1v) is 9.47. The number of benzene rings is 2. The second-order valence-corrected chi connectivity index (χ2v) is 7.62. The third-order valence-corrected chi connectivity index (χ3v) is 5.54. The Kier molecular flexibility index (Phi) is 6.25. The Bertz CT molecular complexity index is 985. The topological polar surface area (TPSA) is 54.9 Å². The molecule has 11 heteroatoms. The average molecular weight is 431 g/mol. The molecule has 1 amide bonds. The fraction of sp³-hybridized carbons (Fsp3) is 0.118. The van der Waals surface area contributed by atoms with Crippen molar-refractivity contribution in [1.82, 2.24) is 10.2 Å². The number of rotatable bonds is 6. The second-order valence-electron chi connectivity index (χ2n) is 5.42. The number of amides is 1. The van der Waals surface area contributed by atoms with Crippen molar-refractivity contribution < 1.29 is 26.7 Å². The molecule has 0 aliphatic rings. The van der Waals surface area contributed by atoms with Crippen molar-refractivity contribution in [2.24, 2.45) is 0 Å². The van der Waals surface area contributed by atoms with Gasteiger partial charge in [0.25, 0.3) is 0 Å². The highest BCUT2D eigenvalue weighted by atomic mass is 32.2. The zero-order chi connectivity index (χ0) is 20.3. The summed E-state index contributed by atoms with van der Waals surface area (Å²) < 4.78 is 67.2. The minimum absolute atomic E-state index is 0.0458. The van der Waals surface area contributed by atoms with E-state index in [2.05, 4.69) is 15.5 Å². The molecular weight excluding hydrogens is 421 g/mol. The van der Waals surface area contributed by atoms with Crippen LogP contribution in [0, 0.1) is 29.1 Å². The van der Waals surface area contributed by atoms with Crippen LogP contribution in [-0.4, -0.2) is 16.1 Å². The van der Waals surface area contributed by atoms with E-state index in [0.29, 0.717) is 10.1 Å². The van der Waals surface area contributed by atoms with Gasteiger partial charge < -0.3 is 5.32 Å². The maximum absolute atomic E-state index is 13.6. The predicted octanol–water partition coefficient (Wildman–Crippen LogP) is 4.71. The van der Waals surface area contributed by atoms with E-state index < -0.39 is 47.0 Å². The quantitative estimate of drug-likeness (QED) is 0.202. The highest BCUT2D eigenvalue weighted by molar-refractivity contribution is 8.00. The summed E-state index contributed by atoms with van der Waals surface area (Å²) in [4.78, 5) is 11.9. The number of carbonyl (C=O) groups is 1. The Morgan fingerprint density at radius 3 is 2.18 bits per heavy atom. The summed E-state index contributed by atoms with van der Waals surface area (Å²) in [6.45, 7) is 0. The Balaban J connectivity index is 1.64. The van der Waals surface area contributed by atoms with Crippen molar-refractivity contribution >= 4 is 34.1 Å². The van der Waals surface area contributed by atoms with Crippen LogP contribution in [0.1, 0.15) is 11.1 Å². The zero-order valence-corrected chi connectivity index (χ0v) is 15.4. The van der Waals surface area contributed by atoms with Crippen LogP contribution < -0.4 is 5.32 Å². The number of hydrogen-bond donors (Lipinski definition) is 1. The summed E-state index contributed by atoms with van der Waals surface area (Å²) >= 11 is 2.39. The Morgan fingerprint density at radius 2 is 1.54 bits per heavy atom. The highest BCUT2D eigenvalue weighted by Crippen LogP contribution is 2.29. The summed E-state index contributed by atoms with van der Waals surface area (Å²) in [6.07, 6.45) is -1.04. The van der Waals surface area contributed by atoms with Crippen LogP contribution in [0.25, 0.3) is 0 Å². The van der Waals surface area contributed by atoms with E-state index in [-0.39, 0.29) is 5.13 Å². The van der Waals surface area contributed by atoms with E-state index in [0.717, 1.165) is 16.9 Å². The van der Waals surface area contributed by atoms with Crippen molar-refractivity contribution in [2.75, 3.05) is 5.32 Å². The molecule has 3 rings (SSSR count). The number of anilines is 1. The largest absolute Gasteiger partial charge is 0.300 e. The van der Waals surface area contributed by atoms with Crippen LogP contribution >= 0.6 is 23.1 Å². The van der Waals surface area contributed by atoms with E-state index in [1.807, 2.05) is 30.3 Å². The average Bonchev–Trinajstić information content (AvgIpc) is 3.14. The summed E-state index contributed by atoms with van der Waals surface area (Å²) in [6, 6.07) is 9.53. The van der Waals surface area contributed by atoms with Crippen LogP contribution in [0.4, 0.5) is 27.1 Å². The van der Waals surface area contributed by atoms with Gasteiger partial charge in [0.15, 0.2) is 27.6 Å². The first-order chi connectivity index (χ1) is 13.4. The molecule has 0 fully saturated rings. The molecule has 3 aromatic rings. The molecule has 28 heavy (non-hydrogen) atoms. The molecular formula is C17H10F5N3OS2. The third kappa shape index (κ3) is 4.47. The SMILES string of the molecule is O=C(Cc1c(F)c(F)c(F)c(F)c1F)Nc1nnc(SCc2ccccc2)s1. The number of thioether (sulfide) groups is 1. The summed E-state index contributed by atoms with van der Waals surface area (Å²) in [5, 5.41) is 9.87. The lowest BCUT2D eigenvalue weighted by Gasteiger charge is -2.07. The first kappa shape index (κ1) is 20.2. The van der Waals surface area contributed by atoms with Gasteiger partial charge in [-0.2, -0.15) is 0 Å². The predicted molar refractivity (Wildman–Crippen MR) is 94.5 cm³/mol. The number of hydrogen-bond acceptors (Lipinski definition) is 5. The van der Waals surface area contributed by atoms with Crippen molar-refractivity contribution in [3.63, 3.8) is 0 Å². The Hall–Kier alpha value is -2.53. The van der Waals surface area contributed by atoms with Gasteiger partial charge in [0.05, 0.1) is 6.42 Å². The van der Waals surface area contributed by atoms with Crippen molar-refractivity contribution in [2.45, 2.75) is 16.5 Å². The fourth-order valence-corrected chi connectivity index (χ4v) is 3.89. The van der Waals surface area contributed by atoms with Gasteiger partial charge >= 0.3 is 0 Å². The summed E-state index contributed by atoms with van der Waals surface area (Å²) in [5.41, 5.74) is -0.156. The third-order valence-electron chi connectivity index (χ3n) is 3.50. The summed E-state index contributed by atoms with van der Waals surface area (Å²) in [5.74, 6) is -10.9. The maximum atomic E-state index is 13.6. The van der Waals surface area contributed by atoms with Gasteiger partial charge in [0, 0.05) is 11.3 Å². The lowest BCUT2D eigenvalue weighted by molar-refractivity contribution is -0.115. The molecule has 1 aromatic heterocycles. The Labute approximate surface area is 163 Å². The van der Waals surface area contributed by atoms with Crippen LogP contribution in [0.5, 0.6) is 0 Å². The lowest BCUT2D eigenvalue weighted by atomic mass is 10.1. The standard InChI is InChI=1S/C17H10F5N3OS2/c18-11-9(12(19)14(21)15(22)13(11)20)6-10(26)23-16-24-25-17(28-16)27-7-8-4-2-1-3-5-8/h1-5H,6-7H2,(H,23,24,26). The number of halogens is 5. The minimum Gasteiger partial charge on any atom is -0.300 e. The first-order valence-electron chi connectivity index (χ1n) is 7.67. The van der Waals surface area contributed by atoms with E-state index in [4.69, 9.17) is 0 Å². The zero-order valence-electron chi connectivity index (χ0n) is 13.8. The van der Waals surface area contributed by atoms with Crippen LogP contribution in [0.15, 0.2) is 34.7 Å². The van der Waals surface area contributed by atoms with Gasteiger partial charge in [-0.15, -0.1) is 10.2 Å². The molecule has 0 spiro atoms. The number of nitrogens with zero attached hydrogens (tertiary/aromatic N) is 2. The molecule has 0 aliphatic heterocycles. The maximum Gasteiger partial charge on any atom is 0.230 e. The van der Waals surface area contributed by atoms with Crippen molar-refractivity contribution in [1.29, 1.82) is 0 Å². The molecule has 0 saturated heterocycles. The molecule has 0 bridgehead atoms. The van der Waals surface area contributed by atoms with Gasteiger partial charge in [0.1, 0.15) is 0 Å². The van der Waals surface area contributed by atoms with E-state index in [1.54, 1.807) is 0 Å². The van der Waals surface area contributed by atoms with Crippen LogP contribution in [0.2, 0.25) is 0 Å². The molecule has 0 aliphatic carbocycles. The Morgan fingerprint density at radius 1 is 0.929 bits per heavy atom. The smallest absolute Gasteiger partial charge is 0.230 e. The molecule has 0 saturated carbocycles. The number of carbonyl (C=O) groups excluding carboxylic acids is 1. The molecule has 0 atom stereocenters. The lowest BCUT2D eigenvalue weighted by Crippen LogP contribution is -2.18. The molecule has 0 radical (unpaired) electrons. The second kappa shape index (κ2) is 8.65. The molecule has 1 N–H and O–H groups in total. The van der Waals surface area contributed by atoms with E-state index in [9.17, 15) is 26.7 Å². The number of nitrogens with one attached hydrogen (secondary N) is 1. The molecule has 146 valence electrons.